The predicted octanol–water partition coefficient (Wildman–Crippen LogP) is 11.0. The first-order valence-corrected chi connectivity index (χ1v) is 27.4. The second-order valence-corrected chi connectivity index (χ2v) is 26.9. The quantitative estimate of drug-likeness (QED) is 0.154. The average Bonchev–Trinajstić information content (AvgIpc) is 3.30. The average molecular weight is 880 g/mol. The van der Waals surface area contributed by atoms with E-state index >= 15 is 0 Å². The molecule has 0 fully saturated rings. The fourth-order valence-corrected chi connectivity index (χ4v) is 23.5. The molecule has 3 aliphatic rings. The Balaban J connectivity index is 1.13. The standard InChI is InChI=1S/C57H51BGeN2S/c1-37(2)40-34-43(38(3)4)57(44(35-40)39(5)6)58-45-22-10-19-31-55(45)62-56-36-42(32-33-46(56)58)61-53-29-17-13-25-49(53)59(50-26-14-18-30-54(50)61)47-23-11-15-27-51(47)60(41-20-8-7-9-21-41)52-28-16-12-24-48(52)59/h7-39H,1-6H3. The van der Waals surface area contributed by atoms with Crippen LogP contribution in [0.5, 0.6) is 0 Å². The number of hydrogen-bond donors (Lipinski definition) is 0. The molecule has 302 valence electrons. The molecule has 3 aliphatic heterocycles. The molecule has 2 nitrogen and oxygen atoms in total. The summed E-state index contributed by atoms with van der Waals surface area (Å²) in [6.45, 7) is 14.3. The van der Waals surface area contributed by atoms with Gasteiger partial charge in [-0.3, -0.25) is 0 Å². The summed E-state index contributed by atoms with van der Waals surface area (Å²) in [5.74, 6) is 1.28. The Morgan fingerprint density at radius 1 is 0.403 bits per heavy atom. The molecule has 0 saturated carbocycles. The monoisotopic (exact) mass is 880 g/mol. The summed E-state index contributed by atoms with van der Waals surface area (Å²) >= 11 is -1.74. The SMILES string of the molecule is CC(C)c1cc(C(C)C)c(B2c3ccccc3Sc3cc(N4c5cccc[c]5[Ge]5([c]6ccccc6N(c6ccccc6)c6cccc[c]65)[c]5ccccc54)ccc32)c(C(C)C)c1. The molecule has 62 heavy (non-hydrogen) atoms. The molecule has 0 saturated heterocycles. The minimum atomic E-state index is -3.68. The van der Waals surface area contributed by atoms with Gasteiger partial charge in [0.1, 0.15) is 0 Å². The molecule has 0 atom stereocenters. The van der Waals surface area contributed by atoms with Gasteiger partial charge in [-0.1, -0.05) is 13.8 Å². The zero-order chi connectivity index (χ0) is 42.3. The molecular weight excluding hydrogens is 828 g/mol. The first kappa shape index (κ1) is 39.2. The van der Waals surface area contributed by atoms with Crippen LogP contribution in [0.4, 0.5) is 34.1 Å². The van der Waals surface area contributed by atoms with Crippen molar-refractivity contribution in [3.63, 3.8) is 0 Å². The summed E-state index contributed by atoms with van der Waals surface area (Å²) in [6.07, 6.45) is 0. The molecule has 11 rings (SSSR count). The Hall–Kier alpha value is -5.68. The Labute approximate surface area is 375 Å². The molecule has 0 amide bonds. The van der Waals surface area contributed by atoms with Crippen LogP contribution in [0, 0.1) is 0 Å². The first-order chi connectivity index (χ1) is 30.3. The summed E-state index contributed by atoms with van der Waals surface area (Å²) in [7, 11) is 0. The normalized spacial score (nSPS) is 14.4. The van der Waals surface area contributed by atoms with Crippen LogP contribution in [0.3, 0.4) is 0 Å². The van der Waals surface area contributed by atoms with Gasteiger partial charge in [0.2, 0.25) is 0 Å². The van der Waals surface area contributed by atoms with E-state index in [9.17, 15) is 0 Å². The second-order valence-electron chi connectivity index (χ2n) is 18.2. The number of rotatable bonds is 6. The molecule has 0 unspecified atom stereocenters. The van der Waals surface area contributed by atoms with E-state index in [4.69, 9.17) is 0 Å². The number of para-hydroxylation sites is 5. The van der Waals surface area contributed by atoms with E-state index in [2.05, 4.69) is 233 Å². The van der Waals surface area contributed by atoms with Crippen molar-refractivity contribution in [3.8, 4) is 0 Å². The number of fused-ring (bicyclic) bond motifs is 10. The number of benzene rings is 8. The third-order valence-electron chi connectivity index (χ3n) is 13.7. The molecule has 0 radical (unpaired) electrons. The summed E-state index contributed by atoms with van der Waals surface area (Å²) < 4.78 is 5.89. The van der Waals surface area contributed by atoms with Crippen LogP contribution < -0.4 is 43.8 Å². The van der Waals surface area contributed by atoms with Gasteiger partial charge in [-0.15, -0.1) is 0 Å². The Morgan fingerprint density at radius 2 is 0.839 bits per heavy atom. The maximum absolute atomic E-state index is 3.68. The zero-order valence-corrected chi connectivity index (χ0v) is 39.3. The summed E-state index contributed by atoms with van der Waals surface area (Å²) in [4.78, 5) is 7.78. The molecule has 8 aromatic carbocycles. The molecule has 0 N–H and O–H groups in total. The fraction of sp³-hybridized carbons (Fsp3) is 0.158. The number of hydrogen-bond acceptors (Lipinski definition) is 3. The van der Waals surface area contributed by atoms with E-state index in [1.54, 1.807) is 0 Å². The van der Waals surface area contributed by atoms with Crippen molar-refractivity contribution in [1.82, 2.24) is 0 Å². The van der Waals surface area contributed by atoms with Gasteiger partial charge < -0.3 is 0 Å². The van der Waals surface area contributed by atoms with Crippen molar-refractivity contribution in [3.05, 3.63) is 199 Å². The van der Waals surface area contributed by atoms with Gasteiger partial charge in [0.05, 0.1) is 0 Å². The molecule has 0 aromatic heterocycles. The van der Waals surface area contributed by atoms with E-state index in [0.29, 0.717) is 17.8 Å². The summed E-state index contributed by atoms with van der Waals surface area (Å²) in [5, 5.41) is 0. The molecule has 8 aromatic rings. The van der Waals surface area contributed by atoms with E-state index in [1.807, 2.05) is 11.8 Å². The Bertz CT molecular complexity index is 2900. The topological polar surface area (TPSA) is 6.48 Å². The third kappa shape index (κ3) is 5.86. The second kappa shape index (κ2) is 15.3. The van der Waals surface area contributed by atoms with Crippen molar-refractivity contribution in [2.75, 3.05) is 9.80 Å². The zero-order valence-electron chi connectivity index (χ0n) is 36.4. The van der Waals surface area contributed by atoms with Crippen molar-refractivity contribution in [1.29, 1.82) is 0 Å². The van der Waals surface area contributed by atoms with Crippen LogP contribution in [-0.2, 0) is 0 Å². The summed E-state index contributed by atoms with van der Waals surface area (Å²) in [5.41, 5.74) is 16.3. The van der Waals surface area contributed by atoms with Gasteiger partial charge >= 0.3 is 358 Å². The van der Waals surface area contributed by atoms with Crippen LogP contribution in [-0.4, -0.2) is 20.0 Å². The third-order valence-corrected chi connectivity index (χ3v) is 25.2. The maximum atomic E-state index is 2.59. The Kier molecular flexibility index (Phi) is 9.66. The molecule has 0 bridgehead atoms. The van der Waals surface area contributed by atoms with Crippen molar-refractivity contribution < 1.29 is 0 Å². The number of nitrogens with zero attached hydrogens (tertiary/aromatic N) is 2. The van der Waals surface area contributed by atoms with E-state index in [1.165, 1.54) is 94.6 Å². The first-order valence-electron chi connectivity index (χ1n) is 22.4. The molecule has 3 heterocycles. The van der Waals surface area contributed by atoms with Crippen LogP contribution >= 0.6 is 11.8 Å². The van der Waals surface area contributed by atoms with E-state index < -0.39 is 13.3 Å². The Morgan fingerprint density at radius 3 is 1.34 bits per heavy atom. The van der Waals surface area contributed by atoms with Gasteiger partial charge in [0.25, 0.3) is 0 Å². The van der Waals surface area contributed by atoms with Gasteiger partial charge in [0.15, 0.2) is 0 Å². The van der Waals surface area contributed by atoms with E-state index in [-0.39, 0.29) is 6.71 Å². The molecule has 1 spiro atoms. The van der Waals surface area contributed by atoms with Crippen molar-refractivity contribution >= 4 is 99.8 Å². The van der Waals surface area contributed by atoms with Crippen molar-refractivity contribution in [2.24, 2.45) is 0 Å². The van der Waals surface area contributed by atoms with Crippen LogP contribution in [0.2, 0.25) is 0 Å². The van der Waals surface area contributed by atoms with Crippen LogP contribution in [0.15, 0.2) is 192 Å². The van der Waals surface area contributed by atoms with Gasteiger partial charge in [-0.2, -0.15) is 0 Å². The van der Waals surface area contributed by atoms with Gasteiger partial charge in [0, 0.05) is 0 Å². The molecule has 0 aliphatic carbocycles. The van der Waals surface area contributed by atoms with Gasteiger partial charge in [-0.05, 0) is 5.92 Å². The van der Waals surface area contributed by atoms with Crippen LogP contribution in [0.1, 0.15) is 76.0 Å². The minimum absolute atomic E-state index is 0.148. The van der Waals surface area contributed by atoms with Crippen molar-refractivity contribution in [2.45, 2.75) is 69.1 Å². The van der Waals surface area contributed by atoms with E-state index in [0.717, 1.165) is 0 Å². The fourth-order valence-electron chi connectivity index (χ4n) is 10.9. The molecule has 5 heteroatoms. The van der Waals surface area contributed by atoms with Crippen LogP contribution in [0.25, 0.3) is 0 Å². The predicted molar refractivity (Wildman–Crippen MR) is 270 cm³/mol. The number of anilines is 6. The summed E-state index contributed by atoms with van der Waals surface area (Å²) in [6, 6.07) is 69.9. The molecular formula is C57H51BGeN2S. The van der Waals surface area contributed by atoms with Gasteiger partial charge in [-0.25, -0.2) is 0 Å².